The average molecular weight is 288 g/mol. The summed E-state index contributed by atoms with van der Waals surface area (Å²) in [6.45, 7) is 9.09. The molecule has 1 saturated carbocycles. The third-order valence-electron chi connectivity index (χ3n) is 5.06. The molecule has 0 aliphatic heterocycles. The van der Waals surface area contributed by atoms with Crippen LogP contribution in [0.15, 0.2) is 18.2 Å². The summed E-state index contributed by atoms with van der Waals surface area (Å²) in [5.74, 6) is 0. The van der Waals surface area contributed by atoms with E-state index in [1.54, 1.807) is 0 Å². The van der Waals surface area contributed by atoms with E-state index in [2.05, 4.69) is 57.8 Å². The first-order valence-electron chi connectivity index (χ1n) is 8.36. The second-order valence-corrected chi connectivity index (χ2v) is 7.81. The van der Waals surface area contributed by atoms with Gasteiger partial charge in [-0.05, 0) is 68.6 Å². The van der Waals surface area contributed by atoms with Crippen LogP contribution in [0.25, 0.3) is 0 Å². The quantitative estimate of drug-likeness (QED) is 0.895. The molecule has 118 valence electrons. The first kappa shape index (κ1) is 16.4. The van der Waals surface area contributed by atoms with Crippen LogP contribution in [0, 0.1) is 12.3 Å². The van der Waals surface area contributed by atoms with Crippen molar-refractivity contribution in [1.82, 2.24) is 0 Å². The minimum Gasteiger partial charge on any atom is -0.371 e. The molecule has 2 heteroatoms. The summed E-state index contributed by atoms with van der Waals surface area (Å²) in [5, 5.41) is 0. The van der Waals surface area contributed by atoms with E-state index in [0.29, 0.717) is 11.5 Å². The van der Waals surface area contributed by atoms with Gasteiger partial charge in [0, 0.05) is 24.8 Å². The molecule has 2 N–H and O–H groups in total. The Morgan fingerprint density at radius 3 is 2.43 bits per heavy atom. The van der Waals surface area contributed by atoms with Crippen molar-refractivity contribution in [2.24, 2.45) is 11.1 Å². The van der Waals surface area contributed by atoms with E-state index in [0.717, 1.165) is 6.42 Å². The van der Waals surface area contributed by atoms with E-state index in [9.17, 15) is 0 Å². The van der Waals surface area contributed by atoms with Crippen molar-refractivity contribution in [3.05, 3.63) is 29.3 Å². The monoisotopic (exact) mass is 288 g/mol. The van der Waals surface area contributed by atoms with Gasteiger partial charge in [0.25, 0.3) is 0 Å². The highest BCUT2D eigenvalue weighted by Crippen LogP contribution is 2.38. The van der Waals surface area contributed by atoms with Crippen molar-refractivity contribution in [3.8, 4) is 0 Å². The maximum absolute atomic E-state index is 5.90. The summed E-state index contributed by atoms with van der Waals surface area (Å²) < 4.78 is 0. The van der Waals surface area contributed by atoms with Crippen LogP contribution in [0.1, 0.15) is 57.6 Å². The fourth-order valence-electron chi connectivity index (χ4n) is 3.58. The molecule has 0 heterocycles. The Kier molecular flexibility index (Phi) is 4.98. The highest BCUT2D eigenvalue weighted by molar-refractivity contribution is 5.54. The van der Waals surface area contributed by atoms with Gasteiger partial charge >= 0.3 is 0 Å². The topological polar surface area (TPSA) is 29.3 Å². The first-order valence-corrected chi connectivity index (χ1v) is 8.36. The van der Waals surface area contributed by atoms with Crippen molar-refractivity contribution in [3.63, 3.8) is 0 Å². The highest BCUT2D eigenvalue weighted by Gasteiger charge is 2.29. The average Bonchev–Trinajstić information content (AvgIpc) is 2.37. The van der Waals surface area contributed by atoms with Gasteiger partial charge in [-0.1, -0.05) is 26.0 Å². The molecule has 0 amide bonds. The lowest BCUT2D eigenvalue weighted by atomic mass is 9.75. The molecular formula is C19H32N2. The van der Waals surface area contributed by atoms with Gasteiger partial charge in [-0.2, -0.15) is 0 Å². The molecule has 2 rings (SSSR count). The number of rotatable bonds is 4. The number of anilines is 1. The van der Waals surface area contributed by atoms with Crippen molar-refractivity contribution in [2.45, 2.75) is 71.9 Å². The van der Waals surface area contributed by atoms with Crippen LogP contribution in [0.5, 0.6) is 0 Å². The van der Waals surface area contributed by atoms with E-state index in [1.165, 1.54) is 42.5 Å². The molecule has 2 nitrogen and oxygen atoms in total. The van der Waals surface area contributed by atoms with Crippen molar-refractivity contribution >= 4 is 5.69 Å². The SMILES string of the molecule is Cc1cc(CC(C)N)ccc1N(C)C1CCC(C)(C)CC1. The molecule has 21 heavy (non-hydrogen) atoms. The lowest BCUT2D eigenvalue weighted by Crippen LogP contribution is -2.37. The van der Waals surface area contributed by atoms with Crippen molar-refractivity contribution in [2.75, 3.05) is 11.9 Å². The second-order valence-electron chi connectivity index (χ2n) is 7.81. The molecule has 1 aliphatic carbocycles. The van der Waals surface area contributed by atoms with Gasteiger partial charge in [0.2, 0.25) is 0 Å². The summed E-state index contributed by atoms with van der Waals surface area (Å²) in [5.41, 5.74) is 10.5. The summed E-state index contributed by atoms with van der Waals surface area (Å²) in [6, 6.07) is 7.76. The predicted octanol–water partition coefficient (Wildman–Crippen LogP) is 4.29. The van der Waals surface area contributed by atoms with Crippen molar-refractivity contribution in [1.29, 1.82) is 0 Å². The normalized spacial score (nSPS) is 20.3. The van der Waals surface area contributed by atoms with Crippen LogP contribution in [-0.2, 0) is 6.42 Å². The second kappa shape index (κ2) is 6.39. The van der Waals surface area contributed by atoms with Crippen LogP contribution >= 0.6 is 0 Å². The Morgan fingerprint density at radius 1 is 1.29 bits per heavy atom. The third-order valence-corrected chi connectivity index (χ3v) is 5.06. The molecule has 0 radical (unpaired) electrons. The van der Waals surface area contributed by atoms with Gasteiger partial charge in [-0.3, -0.25) is 0 Å². The van der Waals surface area contributed by atoms with Crippen molar-refractivity contribution < 1.29 is 0 Å². The van der Waals surface area contributed by atoms with Crippen LogP contribution in [-0.4, -0.2) is 19.1 Å². The zero-order chi connectivity index (χ0) is 15.6. The number of hydrogen-bond donors (Lipinski definition) is 1. The fraction of sp³-hybridized carbons (Fsp3) is 0.684. The Labute approximate surface area is 130 Å². The number of hydrogen-bond acceptors (Lipinski definition) is 2. The standard InChI is InChI=1S/C19H32N2/c1-14-12-16(13-15(2)20)6-7-18(14)21(5)17-8-10-19(3,4)11-9-17/h6-7,12,15,17H,8-11,13,20H2,1-5H3. The number of benzene rings is 1. The summed E-state index contributed by atoms with van der Waals surface area (Å²) in [7, 11) is 2.26. The number of nitrogens with two attached hydrogens (primary N) is 1. The van der Waals surface area contributed by atoms with E-state index in [1.807, 2.05) is 0 Å². The van der Waals surface area contributed by atoms with Gasteiger partial charge in [0.15, 0.2) is 0 Å². The molecule has 0 saturated heterocycles. The maximum atomic E-state index is 5.90. The minimum atomic E-state index is 0.230. The third kappa shape index (κ3) is 4.23. The van der Waals surface area contributed by atoms with Crippen LogP contribution < -0.4 is 10.6 Å². The minimum absolute atomic E-state index is 0.230. The molecule has 0 spiro atoms. The lowest BCUT2D eigenvalue weighted by molar-refractivity contribution is 0.222. The Hall–Kier alpha value is -1.02. The zero-order valence-electron chi connectivity index (χ0n) is 14.4. The first-order chi connectivity index (χ1) is 9.78. The molecule has 1 unspecified atom stereocenters. The van der Waals surface area contributed by atoms with Crippen LogP contribution in [0.2, 0.25) is 0 Å². The molecular weight excluding hydrogens is 256 g/mol. The van der Waals surface area contributed by atoms with Gasteiger partial charge in [0.05, 0.1) is 0 Å². The van der Waals surface area contributed by atoms with E-state index in [4.69, 9.17) is 5.73 Å². The molecule has 0 bridgehead atoms. The summed E-state index contributed by atoms with van der Waals surface area (Å²) >= 11 is 0. The smallest absolute Gasteiger partial charge is 0.0396 e. The zero-order valence-corrected chi connectivity index (χ0v) is 14.4. The van der Waals surface area contributed by atoms with Gasteiger partial charge in [0.1, 0.15) is 0 Å². The summed E-state index contributed by atoms with van der Waals surface area (Å²) in [6.07, 6.45) is 6.26. The fourth-order valence-corrected chi connectivity index (χ4v) is 3.58. The van der Waals surface area contributed by atoms with E-state index >= 15 is 0 Å². The summed E-state index contributed by atoms with van der Waals surface area (Å²) in [4.78, 5) is 2.50. The molecule has 1 atom stereocenters. The number of nitrogens with zero attached hydrogens (tertiary/aromatic N) is 1. The number of aryl methyl sites for hydroxylation is 1. The van der Waals surface area contributed by atoms with Gasteiger partial charge < -0.3 is 10.6 Å². The largest absolute Gasteiger partial charge is 0.371 e. The Morgan fingerprint density at radius 2 is 1.90 bits per heavy atom. The highest BCUT2D eigenvalue weighted by atomic mass is 15.1. The van der Waals surface area contributed by atoms with E-state index < -0.39 is 0 Å². The van der Waals surface area contributed by atoms with Gasteiger partial charge in [-0.15, -0.1) is 0 Å². The van der Waals surface area contributed by atoms with Crippen LogP contribution in [0.3, 0.4) is 0 Å². The molecule has 1 aromatic carbocycles. The molecule has 0 aromatic heterocycles. The molecule has 1 aromatic rings. The molecule has 1 fully saturated rings. The van der Waals surface area contributed by atoms with Crippen LogP contribution in [0.4, 0.5) is 5.69 Å². The molecule has 1 aliphatic rings. The maximum Gasteiger partial charge on any atom is 0.0396 e. The predicted molar refractivity (Wildman–Crippen MR) is 93.0 cm³/mol. The lowest BCUT2D eigenvalue weighted by Gasteiger charge is -2.40. The Balaban J connectivity index is 2.07. The van der Waals surface area contributed by atoms with E-state index in [-0.39, 0.29) is 6.04 Å². The Bertz CT molecular complexity index is 466. The van der Waals surface area contributed by atoms with Gasteiger partial charge in [-0.25, -0.2) is 0 Å².